The molecule has 0 saturated carbocycles. The van der Waals surface area contributed by atoms with Crippen LogP contribution in [0.3, 0.4) is 0 Å². The zero-order valence-electron chi connectivity index (χ0n) is 9.04. The summed E-state index contributed by atoms with van der Waals surface area (Å²) in [5, 5.41) is 8.56. The van der Waals surface area contributed by atoms with Crippen molar-refractivity contribution >= 4 is 16.0 Å². The van der Waals surface area contributed by atoms with Gasteiger partial charge in [0, 0.05) is 31.4 Å². The number of aromatic nitrogens is 1. The lowest BCUT2D eigenvalue weighted by molar-refractivity contribution is -0.134. The predicted molar refractivity (Wildman–Crippen MR) is 59.8 cm³/mol. The molecule has 1 N–H and O–H groups in total. The molecule has 2 heterocycles. The van der Waals surface area contributed by atoms with Crippen LogP contribution in [-0.4, -0.2) is 41.1 Å². The molecule has 2 rings (SSSR count). The first-order valence-corrected chi connectivity index (χ1v) is 6.72. The van der Waals surface area contributed by atoms with Crippen LogP contribution in [0.25, 0.3) is 0 Å². The van der Waals surface area contributed by atoms with Crippen LogP contribution < -0.4 is 0 Å². The van der Waals surface area contributed by atoms with E-state index in [2.05, 4.69) is 4.98 Å². The minimum absolute atomic E-state index is 0.207. The van der Waals surface area contributed by atoms with Crippen LogP contribution in [-0.2, 0) is 27.8 Å². The van der Waals surface area contributed by atoms with Gasteiger partial charge in [-0.25, -0.2) is 8.42 Å². The van der Waals surface area contributed by atoms with Crippen molar-refractivity contribution in [3.05, 3.63) is 29.6 Å². The highest BCUT2D eigenvalue weighted by Crippen LogP contribution is 2.19. The average molecular weight is 256 g/mol. The second-order valence-corrected chi connectivity index (χ2v) is 5.81. The van der Waals surface area contributed by atoms with E-state index < -0.39 is 21.7 Å². The molecule has 6 nitrogen and oxygen atoms in total. The van der Waals surface area contributed by atoms with Crippen LogP contribution in [0.4, 0.5) is 0 Å². The van der Waals surface area contributed by atoms with Gasteiger partial charge in [0.1, 0.15) is 0 Å². The van der Waals surface area contributed by atoms with Gasteiger partial charge in [-0.1, -0.05) is 6.07 Å². The highest BCUT2D eigenvalue weighted by molar-refractivity contribution is 7.89. The topological polar surface area (TPSA) is 87.6 Å². The lowest BCUT2D eigenvalue weighted by Crippen LogP contribution is -2.39. The second kappa shape index (κ2) is 4.42. The first kappa shape index (κ1) is 12.0. The Morgan fingerprint density at radius 3 is 3.00 bits per heavy atom. The van der Waals surface area contributed by atoms with Gasteiger partial charge in [-0.15, -0.1) is 0 Å². The van der Waals surface area contributed by atoms with Crippen LogP contribution in [0.1, 0.15) is 11.3 Å². The summed E-state index contributed by atoms with van der Waals surface area (Å²) >= 11 is 0. The fraction of sp³-hybridized carbons (Fsp3) is 0.400. The SMILES string of the molecule is O=C(O)CS(=O)(=O)N1CCc2ncccc2C1. The Morgan fingerprint density at radius 1 is 1.53 bits per heavy atom. The summed E-state index contributed by atoms with van der Waals surface area (Å²) < 4.78 is 24.7. The number of nitrogens with zero attached hydrogens (tertiary/aromatic N) is 2. The molecular formula is C10H12N2O4S. The number of carbonyl (C=O) groups is 1. The van der Waals surface area contributed by atoms with Crippen molar-refractivity contribution in [2.75, 3.05) is 12.3 Å². The molecule has 0 radical (unpaired) electrons. The maximum Gasteiger partial charge on any atom is 0.320 e. The Kier molecular flexibility index (Phi) is 3.12. The average Bonchev–Trinajstić information content (AvgIpc) is 2.26. The molecule has 0 spiro atoms. The van der Waals surface area contributed by atoms with E-state index in [0.29, 0.717) is 13.0 Å². The summed E-state index contributed by atoms with van der Waals surface area (Å²) in [6.45, 7) is 0.498. The summed E-state index contributed by atoms with van der Waals surface area (Å²) in [6, 6.07) is 3.55. The zero-order valence-corrected chi connectivity index (χ0v) is 9.85. The zero-order chi connectivity index (χ0) is 12.5. The van der Waals surface area contributed by atoms with Gasteiger partial charge in [0.15, 0.2) is 5.75 Å². The smallest absolute Gasteiger partial charge is 0.320 e. The largest absolute Gasteiger partial charge is 0.480 e. The fourth-order valence-corrected chi connectivity index (χ4v) is 3.02. The van der Waals surface area contributed by atoms with E-state index in [1.807, 2.05) is 6.07 Å². The van der Waals surface area contributed by atoms with Gasteiger partial charge < -0.3 is 5.11 Å². The summed E-state index contributed by atoms with van der Waals surface area (Å²) in [5.74, 6) is -2.19. The first-order chi connectivity index (χ1) is 7.99. The van der Waals surface area contributed by atoms with Gasteiger partial charge in [-0.2, -0.15) is 4.31 Å². The highest BCUT2D eigenvalue weighted by atomic mass is 32.2. The number of aliphatic carboxylic acids is 1. The minimum Gasteiger partial charge on any atom is -0.480 e. The number of carboxylic acid groups (broad SMARTS) is 1. The molecule has 1 aliphatic heterocycles. The van der Waals surface area contributed by atoms with E-state index in [1.54, 1.807) is 12.3 Å². The number of rotatable bonds is 3. The molecule has 0 amide bonds. The maximum atomic E-state index is 11.7. The second-order valence-electron chi connectivity index (χ2n) is 3.84. The Labute approximate surface area is 98.9 Å². The lowest BCUT2D eigenvalue weighted by atomic mass is 10.1. The van der Waals surface area contributed by atoms with E-state index in [1.165, 1.54) is 4.31 Å². The molecule has 0 aromatic carbocycles. The lowest BCUT2D eigenvalue weighted by Gasteiger charge is -2.26. The third-order valence-electron chi connectivity index (χ3n) is 2.63. The maximum absolute atomic E-state index is 11.7. The Morgan fingerprint density at radius 2 is 2.29 bits per heavy atom. The van der Waals surface area contributed by atoms with E-state index in [-0.39, 0.29) is 6.54 Å². The summed E-state index contributed by atoms with van der Waals surface area (Å²) in [4.78, 5) is 14.6. The van der Waals surface area contributed by atoms with Crippen molar-refractivity contribution in [3.63, 3.8) is 0 Å². The molecule has 1 aromatic rings. The predicted octanol–water partition coefficient (Wildman–Crippen LogP) is -0.146. The Bertz CT molecular complexity index is 541. The van der Waals surface area contributed by atoms with Crippen molar-refractivity contribution in [3.8, 4) is 0 Å². The third kappa shape index (κ3) is 2.62. The van der Waals surface area contributed by atoms with Crippen LogP contribution in [0.5, 0.6) is 0 Å². The van der Waals surface area contributed by atoms with Gasteiger partial charge in [0.25, 0.3) is 0 Å². The van der Waals surface area contributed by atoms with Crippen LogP contribution >= 0.6 is 0 Å². The number of hydrogen-bond acceptors (Lipinski definition) is 4. The molecule has 0 fully saturated rings. The van der Waals surface area contributed by atoms with Gasteiger partial charge in [-0.3, -0.25) is 9.78 Å². The fourth-order valence-electron chi connectivity index (χ4n) is 1.82. The van der Waals surface area contributed by atoms with Crippen LogP contribution in [0, 0.1) is 0 Å². The van der Waals surface area contributed by atoms with Crippen molar-refractivity contribution in [2.45, 2.75) is 13.0 Å². The van der Waals surface area contributed by atoms with Crippen LogP contribution in [0.2, 0.25) is 0 Å². The first-order valence-electron chi connectivity index (χ1n) is 5.11. The quantitative estimate of drug-likeness (QED) is 0.813. The normalized spacial score (nSPS) is 16.5. The van der Waals surface area contributed by atoms with E-state index in [0.717, 1.165) is 11.3 Å². The van der Waals surface area contributed by atoms with E-state index >= 15 is 0 Å². The van der Waals surface area contributed by atoms with Gasteiger partial charge in [-0.05, 0) is 11.6 Å². The number of sulfonamides is 1. The molecule has 0 bridgehead atoms. The third-order valence-corrected chi connectivity index (χ3v) is 4.34. The molecule has 7 heteroatoms. The summed E-state index contributed by atoms with van der Waals surface area (Å²) in [7, 11) is -3.72. The molecule has 0 unspecified atom stereocenters. The van der Waals surface area contributed by atoms with E-state index in [4.69, 9.17) is 5.11 Å². The molecule has 17 heavy (non-hydrogen) atoms. The van der Waals surface area contributed by atoms with Gasteiger partial charge >= 0.3 is 5.97 Å². The monoisotopic (exact) mass is 256 g/mol. The molecule has 1 aromatic heterocycles. The summed E-state index contributed by atoms with van der Waals surface area (Å²) in [6.07, 6.45) is 2.19. The van der Waals surface area contributed by atoms with Gasteiger partial charge in [0.05, 0.1) is 0 Å². The molecular weight excluding hydrogens is 244 g/mol. The molecule has 1 aliphatic rings. The minimum atomic E-state index is -3.72. The Hall–Kier alpha value is -1.47. The highest BCUT2D eigenvalue weighted by Gasteiger charge is 2.28. The summed E-state index contributed by atoms with van der Waals surface area (Å²) in [5.41, 5.74) is 1.72. The molecule has 0 aliphatic carbocycles. The molecule has 92 valence electrons. The number of carboxylic acids is 1. The molecule has 0 atom stereocenters. The van der Waals surface area contributed by atoms with Gasteiger partial charge in [0.2, 0.25) is 10.0 Å². The van der Waals surface area contributed by atoms with Crippen molar-refractivity contribution in [1.82, 2.24) is 9.29 Å². The van der Waals surface area contributed by atoms with Crippen molar-refractivity contribution in [1.29, 1.82) is 0 Å². The van der Waals surface area contributed by atoms with Crippen molar-refractivity contribution < 1.29 is 18.3 Å². The standard InChI is InChI=1S/C10H12N2O4S/c13-10(14)7-17(15,16)12-5-3-9-8(6-12)2-1-4-11-9/h1-2,4H,3,5-7H2,(H,13,14). The molecule has 0 saturated heterocycles. The number of fused-ring (bicyclic) bond motifs is 1. The van der Waals surface area contributed by atoms with E-state index in [9.17, 15) is 13.2 Å². The number of hydrogen-bond donors (Lipinski definition) is 1. The number of pyridine rings is 1. The van der Waals surface area contributed by atoms with Crippen LogP contribution in [0.15, 0.2) is 18.3 Å². The van der Waals surface area contributed by atoms with Crippen molar-refractivity contribution in [2.24, 2.45) is 0 Å². The Balaban J connectivity index is 2.20.